The minimum atomic E-state index is -1.88. The van der Waals surface area contributed by atoms with Gasteiger partial charge in [0.2, 0.25) is 0 Å². The maximum atomic E-state index is 13.8. The molecule has 1 saturated heterocycles. The zero-order valence-corrected chi connectivity index (χ0v) is 28.3. The van der Waals surface area contributed by atoms with Crippen molar-refractivity contribution in [3.63, 3.8) is 0 Å². The Kier molecular flexibility index (Phi) is 15.7. The minimum Gasteiger partial charge on any atom is -0.507 e. The lowest BCUT2D eigenvalue weighted by atomic mass is 9.88. The van der Waals surface area contributed by atoms with Gasteiger partial charge in [0.05, 0.1) is 12.2 Å². The molecule has 1 aliphatic heterocycles. The number of ether oxygens (including phenoxy) is 2. The Hall–Kier alpha value is -4.46. The van der Waals surface area contributed by atoms with Gasteiger partial charge in [0, 0.05) is 6.07 Å². The van der Waals surface area contributed by atoms with E-state index in [9.17, 15) is 50.4 Å². The van der Waals surface area contributed by atoms with Crippen LogP contribution in [0.5, 0.6) is 23.0 Å². The number of allylic oxidation sites excluding steroid dienone is 8. The summed E-state index contributed by atoms with van der Waals surface area (Å²) in [6, 6.07) is 3.40. The maximum Gasteiger partial charge on any atom is 0.347 e. The molecular formula is C38H48O12. The van der Waals surface area contributed by atoms with E-state index >= 15 is 0 Å². The van der Waals surface area contributed by atoms with Crippen LogP contribution in [0.25, 0.3) is 0 Å². The topological polar surface area (TPSA) is 214 Å². The van der Waals surface area contributed by atoms with Gasteiger partial charge in [0.25, 0.3) is 0 Å². The minimum absolute atomic E-state index is 0.0175. The quantitative estimate of drug-likeness (QED) is 0.0479. The number of aliphatic hydroxyl groups excluding tert-OH is 4. The molecule has 5 atom stereocenters. The van der Waals surface area contributed by atoms with Crippen LogP contribution in [0.15, 0.2) is 66.8 Å². The van der Waals surface area contributed by atoms with Crippen LogP contribution in [-0.2, 0) is 17.6 Å². The molecule has 0 aliphatic carbocycles. The van der Waals surface area contributed by atoms with Crippen LogP contribution in [-0.4, -0.2) is 83.8 Å². The van der Waals surface area contributed by atoms with Crippen molar-refractivity contribution in [3.8, 4) is 23.0 Å². The molecule has 1 unspecified atom stereocenters. The van der Waals surface area contributed by atoms with Crippen molar-refractivity contribution < 1.29 is 59.9 Å². The summed E-state index contributed by atoms with van der Waals surface area (Å²) in [7, 11) is 0. The fourth-order valence-electron chi connectivity index (χ4n) is 5.56. The molecule has 0 amide bonds. The van der Waals surface area contributed by atoms with Crippen LogP contribution >= 0.6 is 0 Å². The number of carboxylic acids is 1. The van der Waals surface area contributed by atoms with Gasteiger partial charge in [-0.2, -0.15) is 0 Å². The van der Waals surface area contributed by atoms with Crippen LogP contribution in [0.2, 0.25) is 0 Å². The first-order valence-corrected chi connectivity index (χ1v) is 16.8. The smallest absolute Gasteiger partial charge is 0.347 e. The number of carbonyl (C=O) groups is 2. The van der Waals surface area contributed by atoms with Gasteiger partial charge in [0.1, 0.15) is 64.6 Å². The number of carboxylic acid groups (broad SMARTS) is 1. The molecule has 272 valence electrons. The van der Waals surface area contributed by atoms with Gasteiger partial charge in [0.15, 0.2) is 0 Å². The van der Waals surface area contributed by atoms with E-state index in [4.69, 9.17) is 9.47 Å². The molecule has 0 spiro atoms. The monoisotopic (exact) mass is 696 g/mol. The molecule has 12 nitrogen and oxygen atoms in total. The van der Waals surface area contributed by atoms with Gasteiger partial charge in [-0.15, -0.1) is 0 Å². The van der Waals surface area contributed by atoms with E-state index in [-0.39, 0.29) is 35.3 Å². The van der Waals surface area contributed by atoms with Gasteiger partial charge in [-0.3, -0.25) is 0 Å². The number of hydrogen-bond acceptors (Lipinski definition) is 11. The third-order valence-electron chi connectivity index (χ3n) is 8.27. The lowest BCUT2D eigenvalue weighted by Crippen LogP contribution is -2.55. The van der Waals surface area contributed by atoms with E-state index in [1.165, 1.54) is 6.07 Å². The van der Waals surface area contributed by atoms with Crippen LogP contribution in [0.4, 0.5) is 0 Å². The van der Waals surface area contributed by atoms with E-state index in [1.54, 1.807) is 24.3 Å². The average Bonchev–Trinajstić information content (AvgIpc) is 3.06. The fourth-order valence-corrected chi connectivity index (χ4v) is 5.56. The SMILES string of the molecule is CCCC/C=C/C=C/Cc1cc(OC(=O)c2c(C/C=C/C=C/CCCC)cc(O)c(C3O[C@H](CO)[C@@H](O)[C@H](O)[C@H]3O)c2O)cc(O)c1C(=O)O. The molecule has 0 bridgehead atoms. The standard InChI is InChI=1S/C38H48O12/c1-3-5-7-9-11-13-15-17-23-19-25(21-27(41)29(23)37(46)47)49-38(48)30-24(18-16-14-12-10-8-6-4-2)20-26(40)31(33(30)43)36-35(45)34(44)32(42)28(22-39)50-36/h9-16,19-21,28,32,34-36,39-45H,3-8,17-18,22H2,1-2H3,(H,46,47)/b11-9+,12-10+,15-13+,16-14+/t28-,32-,34+,35-,36?/m1/s1. The van der Waals surface area contributed by atoms with Crippen molar-refractivity contribution in [3.05, 3.63) is 94.6 Å². The molecular weight excluding hydrogens is 648 g/mol. The Bertz CT molecular complexity index is 1570. The Balaban J connectivity index is 2.05. The van der Waals surface area contributed by atoms with Gasteiger partial charge >= 0.3 is 11.9 Å². The lowest BCUT2D eigenvalue weighted by Gasteiger charge is -2.40. The number of rotatable bonds is 17. The molecule has 0 aromatic heterocycles. The highest BCUT2D eigenvalue weighted by molar-refractivity contribution is 5.97. The summed E-state index contributed by atoms with van der Waals surface area (Å²) in [6.45, 7) is 3.39. The number of aliphatic hydroxyl groups is 4. The number of carbonyl (C=O) groups excluding carboxylic acids is 1. The van der Waals surface area contributed by atoms with Crippen molar-refractivity contribution in [2.75, 3.05) is 6.61 Å². The zero-order chi connectivity index (χ0) is 36.8. The van der Waals surface area contributed by atoms with Crippen LogP contribution < -0.4 is 4.74 Å². The number of aromatic carboxylic acids is 1. The maximum absolute atomic E-state index is 13.8. The molecule has 0 radical (unpaired) electrons. The van der Waals surface area contributed by atoms with Crippen molar-refractivity contribution in [2.24, 2.45) is 0 Å². The normalized spacial score (nSPS) is 21.2. The molecule has 0 saturated carbocycles. The second-order valence-electron chi connectivity index (χ2n) is 12.0. The van der Waals surface area contributed by atoms with E-state index < -0.39 is 77.4 Å². The summed E-state index contributed by atoms with van der Waals surface area (Å²) < 4.78 is 11.1. The first kappa shape index (κ1) is 40.0. The fraction of sp³-hybridized carbons (Fsp3) is 0.421. The number of hydrogen-bond donors (Lipinski definition) is 8. The summed E-state index contributed by atoms with van der Waals surface area (Å²) in [6.07, 6.45) is 11.9. The molecule has 12 heteroatoms. The van der Waals surface area contributed by atoms with Crippen LogP contribution in [0.1, 0.15) is 95.9 Å². The van der Waals surface area contributed by atoms with E-state index in [0.29, 0.717) is 0 Å². The van der Waals surface area contributed by atoms with Crippen molar-refractivity contribution >= 4 is 11.9 Å². The Labute approximate surface area is 291 Å². The van der Waals surface area contributed by atoms with E-state index in [0.717, 1.165) is 50.7 Å². The van der Waals surface area contributed by atoms with Gasteiger partial charge < -0.3 is 50.3 Å². The lowest BCUT2D eigenvalue weighted by molar-refractivity contribution is -0.232. The molecule has 8 N–H and O–H groups in total. The summed E-state index contributed by atoms with van der Waals surface area (Å²) in [4.78, 5) is 25.8. The molecule has 2 aromatic rings. The molecule has 50 heavy (non-hydrogen) atoms. The van der Waals surface area contributed by atoms with Crippen molar-refractivity contribution in [1.82, 2.24) is 0 Å². The number of phenolic OH excluding ortho intramolecular Hbond substituents is 2. The van der Waals surface area contributed by atoms with E-state index in [2.05, 4.69) is 13.8 Å². The largest absolute Gasteiger partial charge is 0.507 e. The van der Waals surface area contributed by atoms with E-state index in [1.807, 2.05) is 24.3 Å². The molecule has 1 heterocycles. The predicted octanol–water partition coefficient (Wildman–Crippen LogP) is 4.93. The summed E-state index contributed by atoms with van der Waals surface area (Å²) in [5, 5.41) is 83.9. The predicted molar refractivity (Wildman–Crippen MR) is 186 cm³/mol. The summed E-state index contributed by atoms with van der Waals surface area (Å²) >= 11 is 0. The van der Waals surface area contributed by atoms with Crippen LogP contribution in [0, 0.1) is 0 Å². The number of benzene rings is 2. The highest BCUT2D eigenvalue weighted by Crippen LogP contribution is 2.44. The van der Waals surface area contributed by atoms with Gasteiger partial charge in [-0.1, -0.05) is 88.1 Å². The molecule has 3 rings (SSSR count). The average molecular weight is 697 g/mol. The number of unbranched alkanes of at least 4 members (excludes halogenated alkanes) is 4. The molecule has 1 aliphatic rings. The number of aromatic hydroxyl groups is 3. The van der Waals surface area contributed by atoms with Crippen LogP contribution in [0.3, 0.4) is 0 Å². The number of phenols is 3. The van der Waals surface area contributed by atoms with Crippen molar-refractivity contribution in [1.29, 1.82) is 0 Å². The van der Waals surface area contributed by atoms with Gasteiger partial charge in [-0.25, -0.2) is 9.59 Å². The summed E-state index contributed by atoms with van der Waals surface area (Å²) in [5.41, 5.74) is -1.08. The Morgan fingerprint density at radius 3 is 1.86 bits per heavy atom. The third-order valence-corrected chi connectivity index (χ3v) is 8.27. The van der Waals surface area contributed by atoms with Gasteiger partial charge in [-0.05, 0) is 48.9 Å². The first-order valence-electron chi connectivity index (χ1n) is 16.8. The van der Waals surface area contributed by atoms with Crippen molar-refractivity contribution in [2.45, 2.75) is 95.7 Å². The Morgan fingerprint density at radius 1 is 0.760 bits per heavy atom. The second kappa shape index (κ2) is 19.7. The Morgan fingerprint density at radius 2 is 1.32 bits per heavy atom. The first-order chi connectivity index (χ1) is 24.0. The number of esters is 1. The highest BCUT2D eigenvalue weighted by atomic mass is 16.5. The zero-order valence-electron chi connectivity index (χ0n) is 28.3. The third kappa shape index (κ3) is 10.3. The molecule has 2 aromatic carbocycles. The summed E-state index contributed by atoms with van der Waals surface area (Å²) in [5.74, 6) is -4.89. The highest BCUT2D eigenvalue weighted by Gasteiger charge is 2.46. The molecule has 1 fully saturated rings. The second-order valence-corrected chi connectivity index (χ2v) is 12.0.